The molecule has 0 aliphatic rings. The van der Waals surface area contributed by atoms with E-state index in [1.54, 1.807) is 0 Å². The van der Waals surface area contributed by atoms with Gasteiger partial charge in [-0.3, -0.25) is 10.1 Å². The van der Waals surface area contributed by atoms with Gasteiger partial charge in [0.15, 0.2) is 0 Å². The summed E-state index contributed by atoms with van der Waals surface area (Å²) in [6, 6.07) is 15.5. The molecular weight excluding hydrogens is 380 g/mol. The molecule has 30 heavy (non-hydrogen) atoms. The Balaban J connectivity index is 1.58. The standard InChI is InChI=1S/C23H26N4O3/c1-3-29-13-7-12-27-21-9-6-5-8-18(21)25-23(27)26-22(28)20-14-16-10-11-17(30-4-2)15-19(16)24-20/h5-6,8-11,14-15,24H,3-4,7,12-13H2,1-2H3,(H,25,26,28). The quantitative estimate of drug-likeness (QED) is 0.398. The first-order valence-corrected chi connectivity index (χ1v) is 10.3. The van der Waals surface area contributed by atoms with Crippen molar-refractivity contribution in [3.63, 3.8) is 0 Å². The number of rotatable bonds is 9. The van der Waals surface area contributed by atoms with E-state index in [4.69, 9.17) is 9.47 Å². The molecule has 4 rings (SSSR count). The zero-order chi connectivity index (χ0) is 20.9. The van der Waals surface area contributed by atoms with Gasteiger partial charge in [-0.05, 0) is 50.6 Å². The van der Waals surface area contributed by atoms with Crippen molar-refractivity contribution in [2.45, 2.75) is 26.8 Å². The number of aromatic nitrogens is 3. The SMILES string of the molecule is CCOCCCn1c(NC(=O)c2cc3ccc(OCC)cc3[nH]2)nc2ccccc21. The average molecular weight is 406 g/mol. The number of imidazole rings is 1. The van der Waals surface area contributed by atoms with E-state index in [1.807, 2.05) is 66.9 Å². The third-order valence-corrected chi connectivity index (χ3v) is 4.90. The van der Waals surface area contributed by atoms with Gasteiger partial charge >= 0.3 is 0 Å². The van der Waals surface area contributed by atoms with Crippen LogP contribution in [0.3, 0.4) is 0 Å². The lowest BCUT2D eigenvalue weighted by molar-refractivity contribution is 0.102. The summed E-state index contributed by atoms with van der Waals surface area (Å²) in [4.78, 5) is 20.8. The van der Waals surface area contributed by atoms with E-state index in [0.717, 1.165) is 34.1 Å². The van der Waals surface area contributed by atoms with Crippen LogP contribution in [0.1, 0.15) is 30.8 Å². The minimum absolute atomic E-state index is 0.231. The fraction of sp³-hybridized carbons (Fsp3) is 0.304. The van der Waals surface area contributed by atoms with Crippen molar-refractivity contribution in [1.29, 1.82) is 0 Å². The Morgan fingerprint density at radius 3 is 2.83 bits per heavy atom. The number of para-hydroxylation sites is 2. The minimum Gasteiger partial charge on any atom is -0.494 e. The van der Waals surface area contributed by atoms with Crippen LogP contribution >= 0.6 is 0 Å². The number of anilines is 1. The Bertz CT molecular complexity index is 1160. The smallest absolute Gasteiger partial charge is 0.274 e. The van der Waals surface area contributed by atoms with Gasteiger partial charge in [0.1, 0.15) is 11.4 Å². The van der Waals surface area contributed by atoms with Gasteiger partial charge in [-0.1, -0.05) is 12.1 Å². The number of aryl methyl sites for hydroxylation is 1. The third kappa shape index (κ3) is 4.16. The predicted molar refractivity (Wildman–Crippen MR) is 118 cm³/mol. The van der Waals surface area contributed by atoms with E-state index in [1.165, 1.54) is 0 Å². The molecular formula is C23H26N4O3. The number of nitrogens with zero attached hydrogens (tertiary/aromatic N) is 2. The molecule has 2 aromatic heterocycles. The summed E-state index contributed by atoms with van der Waals surface area (Å²) in [5.41, 5.74) is 3.17. The summed E-state index contributed by atoms with van der Waals surface area (Å²) in [6.07, 6.45) is 0.837. The van der Waals surface area contributed by atoms with Crippen molar-refractivity contribution in [3.8, 4) is 5.75 Å². The van der Waals surface area contributed by atoms with Crippen LogP contribution in [0, 0.1) is 0 Å². The first-order chi connectivity index (χ1) is 14.7. The van der Waals surface area contributed by atoms with Crippen molar-refractivity contribution in [2.24, 2.45) is 0 Å². The molecule has 0 radical (unpaired) electrons. The van der Waals surface area contributed by atoms with Gasteiger partial charge in [-0.2, -0.15) is 0 Å². The number of nitrogens with one attached hydrogen (secondary N) is 2. The van der Waals surface area contributed by atoms with Crippen LogP contribution < -0.4 is 10.1 Å². The van der Waals surface area contributed by atoms with Crippen molar-refractivity contribution < 1.29 is 14.3 Å². The topological polar surface area (TPSA) is 81.2 Å². The molecule has 0 aliphatic carbocycles. The predicted octanol–water partition coefficient (Wildman–Crippen LogP) is 4.60. The largest absolute Gasteiger partial charge is 0.494 e. The molecule has 2 heterocycles. The summed E-state index contributed by atoms with van der Waals surface area (Å²) in [7, 11) is 0. The molecule has 156 valence electrons. The van der Waals surface area contributed by atoms with Gasteiger partial charge < -0.3 is 19.0 Å². The van der Waals surface area contributed by atoms with E-state index in [-0.39, 0.29) is 5.91 Å². The van der Waals surface area contributed by atoms with E-state index in [0.29, 0.717) is 38.0 Å². The molecule has 7 heteroatoms. The van der Waals surface area contributed by atoms with Crippen molar-refractivity contribution in [2.75, 3.05) is 25.1 Å². The molecule has 2 N–H and O–H groups in total. The van der Waals surface area contributed by atoms with E-state index in [2.05, 4.69) is 15.3 Å². The lowest BCUT2D eigenvalue weighted by atomic mass is 10.2. The Hall–Kier alpha value is -3.32. The molecule has 0 bridgehead atoms. The Labute approximate surface area is 175 Å². The molecule has 0 unspecified atom stereocenters. The highest BCUT2D eigenvalue weighted by molar-refractivity contribution is 6.05. The summed E-state index contributed by atoms with van der Waals surface area (Å²) in [6.45, 7) is 6.59. The second kappa shape index (κ2) is 9.00. The molecule has 4 aromatic rings. The minimum atomic E-state index is -0.231. The van der Waals surface area contributed by atoms with Crippen LogP contribution in [0.15, 0.2) is 48.5 Å². The van der Waals surface area contributed by atoms with Gasteiger partial charge in [-0.15, -0.1) is 0 Å². The maximum Gasteiger partial charge on any atom is 0.274 e. The summed E-state index contributed by atoms with van der Waals surface area (Å²) < 4.78 is 13.0. The molecule has 0 aliphatic heterocycles. The Morgan fingerprint density at radius 1 is 1.13 bits per heavy atom. The molecule has 0 saturated carbocycles. The Kier molecular flexibility index (Phi) is 5.99. The zero-order valence-electron chi connectivity index (χ0n) is 17.3. The zero-order valence-corrected chi connectivity index (χ0v) is 17.3. The molecule has 0 spiro atoms. The fourth-order valence-electron chi connectivity index (χ4n) is 3.52. The number of hydrogen-bond donors (Lipinski definition) is 2. The number of aromatic amines is 1. The van der Waals surface area contributed by atoms with Crippen molar-refractivity contribution in [1.82, 2.24) is 14.5 Å². The normalized spacial score (nSPS) is 11.3. The molecule has 0 saturated heterocycles. The third-order valence-electron chi connectivity index (χ3n) is 4.90. The van der Waals surface area contributed by atoms with Crippen molar-refractivity contribution >= 4 is 33.8 Å². The molecule has 2 aromatic carbocycles. The van der Waals surface area contributed by atoms with Crippen LogP contribution in [-0.4, -0.2) is 40.3 Å². The van der Waals surface area contributed by atoms with E-state index >= 15 is 0 Å². The molecule has 0 atom stereocenters. The van der Waals surface area contributed by atoms with Gasteiger partial charge in [-0.25, -0.2) is 4.98 Å². The van der Waals surface area contributed by atoms with Crippen LogP contribution in [0.2, 0.25) is 0 Å². The van der Waals surface area contributed by atoms with Crippen LogP contribution in [0.25, 0.3) is 21.9 Å². The van der Waals surface area contributed by atoms with Gasteiger partial charge in [0.05, 0.1) is 17.6 Å². The number of carbonyl (C=O) groups is 1. The maximum atomic E-state index is 12.9. The van der Waals surface area contributed by atoms with Gasteiger partial charge in [0, 0.05) is 36.7 Å². The average Bonchev–Trinajstić information content (AvgIpc) is 3.32. The van der Waals surface area contributed by atoms with Gasteiger partial charge in [0.25, 0.3) is 5.91 Å². The van der Waals surface area contributed by atoms with Crippen LogP contribution in [0.5, 0.6) is 5.75 Å². The lowest BCUT2D eigenvalue weighted by Crippen LogP contribution is -2.17. The number of hydrogen-bond acceptors (Lipinski definition) is 4. The Morgan fingerprint density at radius 2 is 2.00 bits per heavy atom. The number of amides is 1. The monoisotopic (exact) mass is 406 g/mol. The highest BCUT2D eigenvalue weighted by Gasteiger charge is 2.16. The highest BCUT2D eigenvalue weighted by atomic mass is 16.5. The number of fused-ring (bicyclic) bond motifs is 2. The highest BCUT2D eigenvalue weighted by Crippen LogP contribution is 2.24. The summed E-state index contributed by atoms with van der Waals surface area (Å²) in [5.74, 6) is 1.08. The lowest BCUT2D eigenvalue weighted by Gasteiger charge is -2.10. The first kappa shape index (κ1) is 20.0. The van der Waals surface area contributed by atoms with Crippen LogP contribution in [-0.2, 0) is 11.3 Å². The van der Waals surface area contributed by atoms with Gasteiger partial charge in [0.2, 0.25) is 5.95 Å². The number of benzene rings is 2. The second-order valence-corrected chi connectivity index (χ2v) is 6.95. The van der Waals surface area contributed by atoms with E-state index in [9.17, 15) is 4.79 Å². The number of H-pyrrole nitrogens is 1. The van der Waals surface area contributed by atoms with Crippen LogP contribution in [0.4, 0.5) is 5.95 Å². The summed E-state index contributed by atoms with van der Waals surface area (Å²) in [5, 5.41) is 3.92. The fourth-order valence-corrected chi connectivity index (χ4v) is 3.52. The van der Waals surface area contributed by atoms with Crippen molar-refractivity contribution in [3.05, 3.63) is 54.2 Å². The van der Waals surface area contributed by atoms with E-state index < -0.39 is 0 Å². The number of ether oxygens (including phenoxy) is 2. The first-order valence-electron chi connectivity index (χ1n) is 10.3. The molecule has 1 amide bonds. The summed E-state index contributed by atoms with van der Waals surface area (Å²) >= 11 is 0. The second-order valence-electron chi connectivity index (χ2n) is 6.95. The molecule has 0 fully saturated rings. The number of carbonyl (C=O) groups excluding carboxylic acids is 1. The maximum absolute atomic E-state index is 12.9. The molecule has 7 nitrogen and oxygen atoms in total.